The number of carbonyl (C=O) groups excluding carboxylic acids is 1. The smallest absolute Gasteiger partial charge is 0.163 e. The van der Waals surface area contributed by atoms with Crippen LogP contribution in [-0.2, 0) is 12.8 Å². The Balaban J connectivity index is 2.22. The second-order valence-corrected chi connectivity index (χ2v) is 3.94. The van der Waals surface area contributed by atoms with Gasteiger partial charge in [-0.2, -0.15) is 0 Å². The molecule has 0 radical (unpaired) electrons. The number of fused-ring (bicyclic) bond motifs is 3. The fraction of sp³-hybridized carbons (Fsp3) is 0.417. The van der Waals surface area contributed by atoms with E-state index in [0.29, 0.717) is 12.2 Å². The number of hydrogen-bond acceptors (Lipinski definition) is 2. The highest BCUT2D eigenvalue weighted by Crippen LogP contribution is 2.34. The standard InChI is InChI=1S/C12H12O2/c13-11-3-1-2-8-9(11)4-5-12-10(8)6-7-14-12/h4-5H,1-3,6-7H2. The van der Waals surface area contributed by atoms with Crippen molar-refractivity contribution >= 4 is 5.78 Å². The van der Waals surface area contributed by atoms with Crippen LogP contribution < -0.4 is 4.74 Å². The molecule has 0 atom stereocenters. The molecule has 0 N–H and O–H groups in total. The third kappa shape index (κ3) is 0.999. The molecule has 14 heavy (non-hydrogen) atoms. The van der Waals surface area contributed by atoms with E-state index in [-0.39, 0.29) is 0 Å². The first kappa shape index (κ1) is 8.04. The van der Waals surface area contributed by atoms with Gasteiger partial charge in [-0.25, -0.2) is 0 Å². The molecule has 1 aromatic carbocycles. The molecule has 0 amide bonds. The van der Waals surface area contributed by atoms with E-state index < -0.39 is 0 Å². The highest BCUT2D eigenvalue weighted by atomic mass is 16.5. The summed E-state index contributed by atoms with van der Waals surface area (Å²) in [6.45, 7) is 0.778. The minimum Gasteiger partial charge on any atom is -0.493 e. The molecule has 2 heteroatoms. The lowest BCUT2D eigenvalue weighted by molar-refractivity contribution is 0.0972. The molecule has 2 nitrogen and oxygen atoms in total. The number of hydrogen-bond donors (Lipinski definition) is 0. The molecule has 1 aliphatic heterocycles. The van der Waals surface area contributed by atoms with Gasteiger partial charge in [0.2, 0.25) is 0 Å². The van der Waals surface area contributed by atoms with Crippen molar-refractivity contribution in [3.8, 4) is 5.75 Å². The summed E-state index contributed by atoms with van der Waals surface area (Å²) in [4.78, 5) is 11.6. The van der Waals surface area contributed by atoms with E-state index in [1.165, 1.54) is 11.1 Å². The number of ether oxygens (including phenoxy) is 1. The summed E-state index contributed by atoms with van der Waals surface area (Å²) in [7, 11) is 0. The predicted octanol–water partition coefficient (Wildman–Crippen LogP) is 2.14. The monoisotopic (exact) mass is 188 g/mol. The molecule has 1 aliphatic carbocycles. The van der Waals surface area contributed by atoms with Crippen molar-refractivity contribution in [1.82, 2.24) is 0 Å². The number of Topliss-reactive ketones (excluding diaryl/α,β-unsaturated/α-hetero) is 1. The predicted molar refractivity (Wildman–Crippen MR) is 52.9 cm³/mol. The van der Waals surface area contributed by atoms with Gasteiger partial charge in [0, 0.05) is 24.0 Å². The molecule has 72 valence electrons. The van der Waals surface area contributed by atoms with Crippen LogP contribution >= 0.6 is 0 Å². The van der Waals surface area contributed by atoms with E-state index in [2.05, 4.69) is 0 Å². The Morgan fingerprint density at radius 3 is 2.93 bits per heavy atom. The van der Waals surface area contributed by atoms with Crippen LogP contribution in [-0.4, -0.2) is 12.4 Å². The molecule has 0 saturated carbocycles. The van der Waals surface area contributed by atoms with Crippen molar-refractivity contribution in [3.05, 3.63) is 28.8 Å². The molecule has 0 bridgehead atoms. The van der Waals surface area contributed by atoms with Crippen LogP contribution in [0.3, 0.4) is 0 Å². The molecule has 0 fully saturated rings. The average Bonchev–Trinajstić information content (AvgIpc) is 2.66. The normalized spacial score (nSPS) is 18.7. The fourth-order valence-corrected chi connectivity index (χ4v) is 2.45. The van der Waals surface area contributed by atoms with Crippen LogP contribution in [0.15, 0.2) is 12.1 Å². The average molecular weight is 188 g/mol. The van der Waals surface area contributed by atoms with Gasteiger partial charge in [-0.15, -0.1) is 0 Å². The Labute approximate surface area is 82.9 Å². The van der Waals surface area contributed by atoms with E-state index in [0.717, 1.165) is 37.2 Å². The summed E-state index contributed by atoms with van der Waals surface area (Å²) < 4.78 is 5.49. The highest BCUT2D eigenvalue weighted by Gasteiger charge is 2.24. The van der Waals surface area contributed by atoms with Crippen LogP contribution in [0.2, 0.25) is 0 Å². The third-order valence-electron chi connectivity index (χ3n) is 3.13. The van der Waals surface area contributed by atoms with Crippen LogP contribution in [0.5, 0.6) is 5.75 Å². The lowest BCUT2D eigenvalue weighted by Crippen LogP contribution is -2.12. The van der Waals surface area contributed by atoms with Gasteiger partial charge in [-0.1, -0.05) is 0 Å². The third-order valence-corrected chi connectivity index (χ3v) is 3.13. The number of benzene rings is 1. The molecule has 3 rings (SSSR count). The molecule has 1 aromatic rings. The number of rotatable bonds is 0. The van der Waals surface area contributed by atoms with Crippen LogP contribution in [0.25, 0.3) is 0 Å². The van der Waals surface area contributed by atoms with Crippen molar-refractivity contribution in [1.29, 1.82) is 0 Å². The zero-order valence-electron chi connectivity index (χ0n) is 8.01. The second-order valence-electron chi connectivity index (χ2n) is 3.94. The molecular formula is C12H12O2. The van der Waals surface area contributed by atoms with Gasteiger partial charge in [0.25, 0.3) is 0 Å². The summed E-state index contributed by atoms with van der Waals surface area (Å²) in [6, 6.07) is 3.88. The van der Waals surface area contributed by atoms with E-state index in [1.807, 2.05) is 12.1 Å². The van der Waals surface area contributed by atoms with Crippen molar-refractivity contribution in [3.63, 3.8) is 0 Å². The van der Waals surface area contributed by atoms with Crippen molar-refractivity contribution in [2.24, 2.45) is 0 Å². The van der Waals surface area contributed by atoms with E-state index in [9.17, 15) is 4.79 Å². The van der Waals surface area contributed by atoms with E-state index >= 15 is 0 Å². The second kappa shape index (κ2) is 2.84. The van der Waals surface area contributed by atoms with Crippen LogP contribution in [0.1, 0.15) is 34.3 Å². The largest absolute Gasteiger partial charge is 0.493 e. The van der Waals surface area contributed by atoms with Crippen molar-refractivity contribution in [2.45, 2.75) is 25.7 Å². The minimum absolute atomic E-state index is 0.306. The summed E-state index contributed by atoms with van der Waals surface area (Å²) >= 11 is 0. The Morgan fingerprint density at radius 2 is 2.00 bits per heavy atom. The van der Waals surface area contributed by atoms with Gasteiger partial charge in [0.1, 0.15) is 5.75 Å². The maximum Gasteiger partial charge on any atom is 0.163 e. The SMILES string of the molecule is O=C1CCCc2c1ccc1c2CCO1. The van der Waals surface area contributed by atoms with E-state index in [1.54, 1.807) is 0 Å². The molecule has 0 unspecified atom stereocenters. The Bertz CT molecular complexity index is 407. The topological polar surface area (TPSA) is 26.3 Å². The Kier molecular flexibility index (Phi) is 1.63. The zero-order chi connectivity index (χ0) is 9.54. The van der Waals surface area contributed by atoms with Gasteiger partial charge in [-0.3, -0.25) is 4.79 Å². The lowest BCUT2D eigenvalue weighted by Gasteiger charge is -2.17. The fourth-order valence-electron chi connectivity index (χ4n) is 2.45. The number of ketones is 1. The highest BCUT2D eigenvalue weighted by molar-refractivity contribution is 5.99. The summed E-state index contributed by atoms with van der Waals surface area (Å²) in [5.74, 6) is 1.31. The number of carbonyl (C=O) groups is 1. The summed E-state index contributed by atoms with van der Waals surface area (Å²) in [5.41, 5.74) is 3.49. The molecule has 0 spiro atoms. The van der Waals surface area contributed by atoms with Gasteiger partial charge >= 0.3 is 0 Å². The first-order valence-corrected chi connectivity index (χ1v) is 5.17. The van der Waals surface area contributed by atoms with Crippen molar-refractivity contribution < 1.29 is 9.53 Å². The van der Waals surface area contributed by atoms with Gasteiger partial charge in [-0.05, 0) is 30.5 Å². The van der Waals surface area contributed by atoms with Gasteiger partial charge < -0.3 is 4.74 Å². The van der Waals surface area contributed by atoms with Gasteiger partial charge in [0.05, 0.1) is 6.61 Å². The lowest BCUT2D eigenvalue weighted by atomic mass is 9.86. The Morgan fingerprint density at radius 1 is 1.07 bits per heavy atom. The summed E-state index contributed by atoms with van der Waals surface area (Å²) in [6.07, 6.45) is 3.74. The summed E-state index contributed by atoms with van der Waals surface area (Å²) in [5, 5.41) is 0. The molecule has 2 aliphatic rings. The maximum atomic E-state index is 11.6. The minimum atomic E-state index is 0.306. The quantitative estimate of drug-likeness (QED) is 0.623. The molecule has 0 saturated heterocycles. The maximum absolute atomic E-state index is 11.6. The Hall–Kier alpha value is -1.31. The first-order valence-electron chi connectivity index (χ1n) is 5.17. The van der Waals surface area contributed by atoms with E-state index in [4.69, 9.17) is 4.74 Å². The zero-order valence-corrected chi connectivity index (χ0v) is 8.01. The van der Waals surface area contributed by atoms with Crippen LogP contribution in [0.4, 0.5) is 0 Å². The van der Waals surface area contributed by atoms with Crippen molar-refractivity contribution in [2.75, 3.05) is 6.61 Å². The molecule has 1 heterocycles. The van der Waals surface area contributed by atoms with Crippen LogP contribution in [0, 0.1) is 0 Å². The van der Waals surface area contributed by atoms with Gasteiger partial charge in [0.15, 0.2) is 5.78 Å². The first-order chi connectivity index (χ1) is 6.86. The molecular weight excluding hydrogens is 176 g/mol. The molecule has 0 aromatic heterocycles.